The normalized spacial score (nSPS) is 29.7. The second-order valence-electron chi connectivity index (χ2n) is 11.1. The molecule has 2 heterocycles. The minimum absolute atomic E-state index is 0.565. The molecule has 1 aromatic heterocycles. The molecule has 0 spiro atoms. The molecule has 2 unspecified atom stereocenters. The summed E-state index contributed by atoms with van der Waals surface area (Å²) in [7, 11) is 0. The Morgan fingerprint density at radius 2 is 1.73 bits per heavy atom. The Hall–Kier alpha value is -1.65. The third-order valence-electron chi connectivity index (χ3n) is 8.61. The van der Waals surface area contributed by atoms with E-state index in [2.05, 4.69) is 22.0 Å². The minimum Gasteiger partial charge on any atom is -0.360 e. The predicted molar refractivity (Wildman–Crippen MR) is 136 cm³/mol. The molecular weight excluding hydrogens is 406 g/mol. The van der Waals surface area contributed by atoms with E-state index < -0.39 is 0 Å². The fourth-order valence-corrected chi connectivity index (χ4v) is 6.62. The molecule has 0 bridgehead atoms. The zero-order chi connectivity index (χ0) is 22.6. The first-order valence-corrected chi connectivity index (χ1v) is 13.7. The Kier molecular flexibility index (Phi) is 7.52. The van der Waals surface area contributed by atoms with Gasteiger partial charge in [0.2, 0.25) is 0 Å². The molecule has 1 aromatic rings. The van der Waals surface area contributed by atoms with Crippen molar-refractivity contribution in [1.29, 1.82) is 0 Å². The van der Waals surface area contributed by atoms with Crippen LogP contribution in [-0.2, 0) is 6.54 Å². The van der Waals surface area contributed by atoms with Gasteiger partial charge in [0.1, 0.15) is 11.5 Å². The highest BCUT2D eigenvalue weighted by atomic mass is 16.5. The number of nitrogens with zero attached hydrogens (tertiary/aromatic N) is 2. The van der Waals surface area contributed by atoms with Crippen molar-refractivity contribution < 1.29 is 4.52 Å². The lowest BCUT2D eigenvalue weighted by Crippen LogP contribution is -2.36. The van der Waals surface area contributed by atoms with E-state index >= 15 is 0 Å². The number of rotatable bonds is 8. The second kappa shape index (κ2) is 10.7. The molecule has 2 atom stereocenters. The van der Waals surface area contributed by atoms with E-state index in [1.54, 1.807) is 0 Å². The number of aromatic nitrogens is 1. The van der Waals surface area contributed by atoms with E-state index in [1.807, 2.05) is 31.2 Å². The van der Waals surface area contributed by atoms with Crippen LogP contribution in [0.1, 0.15) is 100 Å². The molecule has 0 radical (unpaired) electrons. The highest BCUT2D eigenvalue weighted by Crippen LogP contribution is 2.44. The van der Waals surface area contributed by atoms with Crippen molar-refractivity contribution in [2.75, 3.05) is 13.1 Å². The van der Waals surface area contributed by atoms with Gasteiger partial charge in [0.25, 0.3) is 0 Å². The summed E-state index contributed by atoms with van der Waals surface area (Å²) in [6.07, 6.45) is 23.4. The highest BCUT2D eigenvalue weighted by molar-refractivity contribution is 5.72. The number of nitrogens with one attached hydrogen (secondary N) is 1. The minimum atomic E-state index is 0.565. The predicted octanol–water partition coefficient (Wildman–Crippen LogP) is 6.61. The molecular formula is C29H43N3O. The molecule has 4 nitrogen and oxygen atoms in total. The zero-order valence-corrected chi connectivity index (χ0v) is 20.6. The number of hydrogen-bond acceptors (Lipinski definition) is 4. The van der Waals surface area contributed by atoms with Crippen molar-refractivity contribution in [3.8, 4) is 0 Å². The van der Waals surface area contributed by atoms with Gasteiger partial charge in [-0.15, -0.1) is 0 Å². The van der Waals surface area contributed by atoms with Crippen molar-refractivity contribution in [3.63, 3.8) is 0 Å². The fraction of sp³-hybridized carbons (Fsp3) is 0.690. The molecule has 3 saturated carbocycles. The molecule has 1 aliphatic heterocycles. The van der Waals surface area contributed by atoms with E-state index in [0.29, 0.717) is 12.0 Å². The van der Waals surface area contributed by atoms with Crippen LogP contribution in [0.5, 0.6) is 0 Å². The Morgan fingerprint density at radius 1 is 1.03 bits per heavy atom. The average molecular weight is 450 g/mol. The highest BCUT2D eigenvalue weighted by Gasteiger charge is 2.42. The Bertz CT molecular complexity index is 842. The maximum Gasteiger partial charge on any atom is 0.144 e. The van der Waals surface area contributed by atoms with Crippen LogP contribution < -0.4 is 5.32 Å². The lowest BCUT2D eigenvalue weighted by Gasteiger charge is -2.30. The van der Waals surface area contributed by atoms with E-state index in [1.165, 1.54) is 89.3 Å². The SMILES string of the molecule is C=C(/C=C\C=C/C)c1noc(C2CC2)c1CNC1CC2CN(C3CCCCCCC3)CC2C1. The van der Waals surface area contributed by atoms with Gasteiger partial charge in [-0.1, -0.05) is 68.1 Å². The molecule has 3 aliphatic carbocycles. The van der Waals surface area contributed by atoms with Crippen molar-refractivity contribution >= 4 is 5.57 Å². The quantitative estimate of drug-likeness (QED) is 0.453. The Labute approximate surface area is 200 Å². The van der Waals surface area contributed by atoms with Crippen molar-refractivity contribution in [2.45, 2.75) is 102 Å². The standard InChI is InChI=1S/C29H43N3O/c1-3-4-8-11-21(2)28-27(29(33-31-28)22-14-15-22)18-30-25-16-23-19-32(20-24(23)17-25)26-12-9-6-5-7-10-13-26/h3-4,8,11,22-26,30H,2,5-7,9-10,12-20H2,1H3/b4-3-,11-8-. The monoisotopic (exact) mass is 449 g/mol. The first-order valence-electron chi connectivity index (χ1n) is 13.7. The van der Waals surface area contributed by atoms with Crippen molar-refractivity contribution in [2.24, 2.45) is 11.8 Å². The average Bonchev–Trinajstić information content (AvgIpc) is 3.24. The van der Waals surface area contributed by atoms with Crippen LogP contribution in [-0.4, -0.2) is 35.2 Å². The van der Waals surface area contributed by atoms with Gasteiger partial charge in [0.05, 0.1) is 0 Å². The summed E-state index contributed by atoms with van der Waals surface area (Å²) < 4.78 is 5.83. The number of hydrogen-bond donors (Lipinski definition) is 1. The maximum absolute atomic E-state index is 5.83. The van der Waals surface area contributed by atoms with Gasteiger partial charge in [-0.25, -0.2) is 0 Å². The zero-order valence-electron chi connectivity index (χ0n) is 20.6. The van der Waals surface area contributed by atoms with Crippen molar-refractivity contribution in [3.05, 3.63) is 47.9 Å². The van der Waals surface area contributed by atoms with Crippen LogP contribution in [0.15, 0.2) is 35.4 Å². The van der Waals surface area contributed by atoms with Crippen molar-refractivity contribution in [1.82, 2.24) is 15.4 Å². The van der Waals surface area contributed by atoms with Gasteiger partial charge in [0, 0.05) is 43.2 Å². The summed E-state index contributed by atoms with van der Waals surface area (Å²) in [5.41, 5.74) is 3.14. The molecule has 0 aromatic carbocycles. The fourth-order valence-electron chi connectivity index (χ4n) is 6.62. The molecule has 1 saturated heterocycles. The van der Waals surface area contributed by atoms with E-state index in [-0.39, 0.29) is 0 Å². The summed E-state index contributed by atoms with van der Waals surface area (Å²) >= 11 is 0. The third-order valence-corrected chi connectivity index (χ3v) is 8.61. The van der Waals surface area contributed by atoms with E-state index in [0.717, 1.165) is 41.4 Å². The molecule has 4 fully saturated rings. The topological polar surface area (TPSA) is 41.3 Å². The van der Waals surface area contributed by atoms with E-state index in [9.17, 15) is 0 Å². The summed E-state index contributed by atoms with van der Waals surface area (Å²) in [4.78, 5) is 2.88. The Morgan fingerprint density at radius 3 is 2.39 bits per heavy atom. The molecule has 4 heteroatoms. The van der Waals surface area contributed by atoms with Gasteiger partial charge >= 0.3 is 0 Å². The number of fused-ring (bicyclic) bond motifs is 1. The molecule has 0 amide bonds. The second-order valence-corrected chi connectivity index (χ2v) is 11.1. The van der Waals surface area contributed by atoms with Gasteiger partial charge in [0.15, 0.2) is 0 Å². The van der Waals surface area contributed by atoms with Gasteiger partial charge in [-0.05, 0) is 62.9 Å². The molecule has 33 heavy (non-hydrogen) atoms. The Balaban J connectivity index is 1.16. The van der Waals surface area contributed by atoms with Crippen LogP contribution in [0, 0.1) is 11.8 Å². The smallest absolute Gasteiger partial charge is 0.144 e. The summed E-state index contributed by atoms with van der Waals surface area (Å²) in [6.45, 7) is 9.83. The molecule has 4 aliphatic rings. The molecule has 180 valence electrons. The van der Waals surface area contributed by atoms with E-state index in [4.69, 9.17) is 4.52 Å². The van der Waals surface area contributed by atoms with Crippen LogP contribution in [0.25, 0.3) is 5.57 Å². The molecule has 5 rings (SSSR count). The summed E-state index contributed by atoms with van der Waals surface area (Å²) in [5, 5.41) is 8.35. The van der Waals surface area contributed by atoms with Crippen LogP contribution in [0.2, 0.25) is 0 Å². The first-order chi connectivity index (χ1) is 16.2. The molecule has 1 N–H and O–H groups in total. The maximum atomic E-state index is 5.83. The van der Waals surface area contributed by atoms with Crippen LogP contribution >= 0.6 is 0 Å². The summed E-state index contributed by atoms with van der Waals surface area (Å²) in [6, 6.07) is 1.49. The van der Waals surface area contributed by atoms with Gasteiger partial charge in [-0.2, -0.15) is 0 Å². The lowest BCUT2D eigenvalue weighted by atomic mass is 9.95. The van der Waals surface area contributed by atoms with Crippen LogP contribution in [0.3, 0.4) is 0 Å². The van der Waals surface area contributed by atoms with Crippen LogP contribution in [0.4, 0.5) is 0 Å². The lowest BCUT2D eigenvalue weighted by molar-refractivity contribution is 0.186. The van der Waals surface area contributed by atoms with Gasteiger partial charge in [-0.3, -0.25) is 4.90 Å². The number of likely N-dealkylation sites (tertiary alicyclic amines) is 1. The largest absolute Gasteiger partial charge is 0.360 e. The van der Waals surface area contributed by atoms with Gasteiger partial charge < -0.3 is 9.84 Å². The number of allylic oxidation sites excluding steroid dienone is 5. The summed E-state index contributed by atoms with van der Waals surface area (Å²) in [5.74, 6) is 3.44. The first kappa shape index (κ1) is 23.1. The third kappa shape index (κ3) is 5.54.